The van der Waals surface area contributed by atoms with Crippen LogP contribution in [0.1, 0.15) is 22.3 Å². The molecule has 3 heteroatoms. The average Bonchev–Trinajstić information content (AvgIpc) is 2.33. The third kappa shape index (κ3) is 0.994. The molecule has 12 heavy (non-hydrogen) atoms. The third-order valence-electron chi connectivity index (χ3n) is 2.12. The van der Waals surface area contributed by atoms with Crippen molar-refractivity contribution >= 4 is 23.1 Å². The van der Waals surface area contributed by atoms with Gasteiger partial charge in [-0.15, -0.1) is 0 Å². The summed E-state index contributed by atoms with van der Waals surface area (Å²) < 4.78 is 0. The van der Waals surface area contributed by atoms with E-state index in [-0.39, 0.29) is 5.78 Å². The summed E-state index contributed by atoms with van der Waals surface area (Å²) in [5, 5.41) is 0.621. The molecular weight excluding hydrogens is 174 g/mol. The van der Waals surface area contributed by atoms with Crippen LogP contribution < -0.4 is 5.73 Å². The molecule has 0 heterocycles. The van der Waals surface area contributed by atoms with E-state index >= 15 is 0 Å². The fourth-order valence-corrected chi connectivity index (χ4v) is 1.86. The number of anilines is 1. The second kappa shape index (κ2) is 2.49. The van der Waals surface area contributed by atoms with Gasteiger partial charge in [0.05, 0.1) is 0 Å². The molecule has 2 N–H and O–H groups in total. The number of hydrogen-bond acceptors (Lipinski definition) is 2. The van der Waals surface area contributed by atoms with Crippen LogP contribution in [0.3, 0.4) is 0 Å². The molecule has 0 aromatic heterocycles. The first kappa shape index (κ1) is 7.62. The van der Waals surface area contributed by atoms with Crippen LogP contribution in [0.5, 0.6) is 0 Å². The summed E-state index contributed by atoms with van der Waals surface area (Å²) in [6.45, 7) is 0. The van der Waals surface area contributed by atoms with E-state index in [1.807, 2.05) is 0 Å². The van der Waals surface area contributed by atoms with Gasteiger partial charge >= 0.3 is 0 Å². The van der Waals surface area contributed by atoms with Crippen molar-refractivity contribution in [1.82, 2.24) is 0 Å². The van der Waals surface area contributed by atoms with Crippen molar-refractivity contribution in [3.8, 4) is 0 Å². The standard InChI is InChI=1S/C9H8ClNO/c10-8-4-5(11)3-7-6(8)1-2-9(7)12/h3-4H,1-2,11H2. The molecule has 0 amide bonds. The number of carbonyl (C=O) groups excluding carboxylic acids is 1. The van der Waals surface area contributed by atoms with Crippen molar-refractivity contribution in [1.29, 1.82) is 0 Å². The first-order chi connectivity index (χ1) is 5.68. The first-order valence-corrected chi connectivity index (χ1v) is 4.17. The van der Waals surface area contributed by atoms with Crippen LogP contribution >= 0.6 is 11.6 Å². The van der Waals surface area contributed by atoms with Gasteiger partial charge in [0.15, 0.2) is 5.78 Å². The van der Waals surface area contributed by atoms with Gasteiger partial charge in [-0.1, -0.05) is 11.6 Å². The van der Waals surface area contributed by atoms with Crippen LogP contribution in [-0.2, 0) is 6.42 Å². The van der Waals surface area contributed by atoms with Gasteiger partial charge in [-0.3, -0.25) is 4.79 Å². The van der Waals surface area contributed by atoms with Crippen molar-refractivity contribution in [2.45, 2.75) is 12.8 Å². The number of nitrogens with two attached hydrogens (primary N) is 1. The molecule has 0 bridgehead atoms. The molecule has 0 saturated carbocycles. The number of halogens is 1. The largest absolute Gasteiger partial charge is 0.399 e. The van der Waals surface area contributed by atoms with Crippen LogP contribution in [0, 0.1) is 0 Å². The summed E-state index contributed by atoms with van der Waals surface area (Å²) in [6, 6.07) is 3.40. The van der Waals surface area contributed by atoms with E-state index in [0.717, 1.165) is 12.0 Å². The molecule has 0 saturated heterocycles. The molecule has 1 aromatic rings. The maximum absolute atomic E-state index is 11.3. The molecule has 0 atom stereocenters. The Kier molecular flexibility index (Phi) is 1.58. The fraction of sp³-hybridized carbons (Fsp3) is 0.222. The normalized spacial score (nSPS) is 14.9. The van der Waals surface area contributed by atoms with E-state index < -0.39 is 0 Å². The van der Waals surface area contributed by atoms with E-state index in [1.54, 1.807) is 12.1 Å². The van der Waals surface area contributed by atoms with E-state index in [4.69, 9.17) is 17.3 Å². The summed E-state index contributed by atoms with van der Waals surface area (Å²) in [5.74, 6) is 0.152. The van der Waals surface area contributed by atoms with Crippen molar-refractivity contribution in [3.05, 3.63) is 28.3 Å². The number of benzene rings is 1. The molecule has 0 fully saturated rings. The Bertz CT molecular complexity index is 360. The Hall–Kier alpha value is -1.02. The lowest BCUT2D eigenvalue weighted by Crippen LogP contribution is -1.94. The van der Waals surface area contributed by atoms with Crippen molar-refractivity contribution in [2.75, 3.05) is 5.73 Å². The topological polar surface area (TPSA) is 43.1 Å². The number of ketones is 1. The van der Waals surface area contributed by atoms with Gasteiger partial charge in [0.2, 0.25) is 0 Å². The third-order valence-corrected chi connectivity index (χ3v) is 2.46. The zero-order valence-electron chi connectivity index (χ0n) is 6.43. The second-order valence-electron chi connectivity index (χ2n) is 2.95. The van der Waals surface area contributed by atoms with Crippen molar-refractivity contribution in [3.63, 3.8) is 0 Å². The molecule has 0 aliphatic heterocycles. The number of hydrogen-bond donors (Lipinski definition) is 1. The summed E-state index contributed by atoms with van der Waals surface area (Å²) >= 11 is 5.91. The highest BCUT2D eigenvalue weighted by atomic mass is 35.5. The van der Waals surface area contributed by atoms with Gasteiger partial charge in [-0.05, 0) is 24.1 Å². The Balaban J connectivity index is 2.68. The lowest BCUT2D eigenvalue weighted by molar-refractivity contribution is 0.0994. The van der Waals surface area contributed by atoms with E-state index in [9.17, 15) is 4.79 Å². The quantitative estimate of drug-likeness (QED) is 0.623. The maximum atomic E-state index is 11.3. The SMILES string of the molecule is Nc1cc(Cl)c2c(c1)C(=O)CC2. The molecule has 2 rings (SSSR count). The smallest absolute Gasteiger partial charge is 0.163 e. The Morgan fingerprint density at radius 2 is 2.08 bits per heavy atom. The van der Waals surface area contributed by atoms with Gasteiger partial charge in [0.25, 0.3) is 0 Å². The van der Waals surface area contributed by atoms with E-state index in [0.29, 0.717) is 22.7 Å². The minimum absolute atomic E-state index is 0.152. The first-order valence-electron chi connectivity index (χ1n) is 3.79. The molecule has 2 nitrogen and oxygen atoms in total. The maximum Gasteiger partial charge on any atom is 0.163 e. The molecule has 1 aliphatic carbocycles. The average molecular weight is 182 g/mol. The van der Waals surface area contributed by atoms with Gasteiger partial charge in [-0.2, -0.15) is 0 Å². The van der Waals surface area contributed by atoms with E-state index in [1.165, 1.54) is 0 Å². The highest BCUT2D eigenvalue weighted by Gasteiger charge is 2.21. The number of nitrogen functional groups attached to an aromatic ring is 1. The van der Waals surface area contributed by atoms with Crippen LogP contribution in [0.15, 0.2) is 12.1 Å². The summed E-state index contributed by atoms with van der Waals surface area (Å²) in [6.07, 6.45) is 1.33. The van der Waals surface area contributed by atoms with E-state index in [2.05, 4.69) is 0 Å². The van der Waals surface area contributed by atoms with Crippen LogP contribution in [0.2, 0.25) is 5.02 Å². The summed E-state index contributed by atoms with van der Waals surface area (Å²) in [5.41, 5.74) is 7.78. The number of carbonyl (C=O) groups is 1. The van der Waals surface area contributed by atoms with Gasteiger partial charge in [-0.25, -0.2) is 0 Å². The van der Waals surface area contributed by atoms with Crippen LogP contribution in [0.25, 0.3) is 0 Å². The number of fused-ring (bicyclic) bond motifs is 1. The number of rotatable bonds is 0. The van der Waals surface area contributed by atoms with Crippen LogP contribution in [-0.4, -0.2) is 5.78 Å². The Labute approximate surface area is 75.3 Å². The molecule has 0 radical (unpaired) electrons. The number of Topliss-reactive ketones (excluding diaryl/α,β-unsaturated/α-hetero) is 1. The summed E-state index contributed by atoms with van der Waals surface area (Å²) in [4.78, 5) is 11.3. The van der Waals surface area contributed by atoms with Crippen molar-refractivity contribution in [2.24, 2.45) is 0 Å². The second-order valence-corrected chi connectivity index (χ2v) is 3.36. The van der Waals surface area contributed by atoms with Gasteiger partial charge < -0.3 is 5.73 Å². The molecular formula is C9H8ClNO. The summed E-state index contributed by atoms with van der Waals surface area (Å²) in [7, 11) is 0. The molecule has 1 aliphatic rings. The van der Waals surface area contributed by atoms with Crippen LogP contribution in [0.4, 0.5) is 5.69 Å². The predicted octanol–water partition coefficient (Wildman–Crippen LogP) is 2.05. The highest BCUT2D eigenvalue weighted by Crippen LogP contribution is 2.30. The molecule has 0 spiro atoms. The molecule has 1 aromatic carbocycles. The monoisotopic (exact) mass is 181 g/mol. The lowest BCUT2D eigenvalue weighted by atomic mass is 10.1. The minimum Gasteiger partial charge on any atom is -0.399 e. The fourth-order valence-electron chi connectivity index (χ4n) is 1.53. The Morgan fingerprint density at radius 3 is 2.83 bits per heavy atom. The Morgan fingerprint density at radius 1 is 1.33 bits per heavy atom. The van der Waals surface area contributed by atoms with Gasteiger partial charge in [0, 0.05) is 22.7 Å². The predicted molar refractivity (Wildman–Crippen MR) is 48.5 cm³/mol. The lowest BCUT2D eigenvalue weighted by Gasteiger charge is -2.01. The molecule has 62 valence electrons. The minimum atomic E-state index is 0.152. The zero-order valence-corrected chi connectivity index (χ0v) is 7.19. The zero-order chi connectivity index (χ0) is 8.72. The highest BCUT2D eigenvalue weighted by molar-refractivity contribution is 6.32. The van der Waals surface area contributed by atoms with Gasteiger partial charge in [0.1, 0.15) is 0 Å². The molecule has 0 unspecified atom stereocenters. The van der Waals surface area contributed by atoms with Crippen molar-refractivity contribution < 1.29 is 4.79 Å².